The van der Waals surface area contributed by atoms with Gasteiger partial charge in [-0.2, -0.15) is 0 Å². The fraction of sp³-hybridized carbons (Fsp3) is 0. The molecule has 0 saturated heterocycles. The second kappa shape index (κ2) is 3.64. The molecule has 1 aromatic heterocycles. The average molecular weight is 202 g/mol. The van der Waals surface area contributed by atoms with Crippen LogP contribution < -0.4 is 5.73 Å². The lowest BCUT2D eigenvalue weighted by Gasteiger charge is -2.00. The van der Waals surface area contributed by atoms with E-state index in [2.05, 4.69) is 6.07 Å². The lowest BCUT2D eigenvalue weighted by atomic mass is 10.1. The molecule has 0 aliphatic heterocycles. The number of nitrogens with one attached hydrogen (secondary N) is 1. The minimum atomic E-state index is 0.114. The van der Waals surface area contributed by atoms with Gasteiger partial charge < -0.3 is 5.73 Å². The summed E-state index contributed by atoms with van der Waals surface area (Å²) in [6.45, 7) is 0. The van der Waals surface area contributed by atoms with Crippen LogP contribution in [0.5, 0.6) is 0 Å². The first-order chi connectivity index (χ1) is 6.77. The number of nitrogens with two attached hydrogens (primary N) is 1. The third-order valence-electron chi connectivity index (χ3n) is 2.00. The number of nitrogen functional groups attached to an aromatic ring is 1. The summed E-state index contributed by atoms with van der Waals surface area (Å²) in [7, 11) is 0. The molecule has 1 heterocycles. The molecule has 3 N–H and O–H groups in total. The van der Waals surface area contributed by atoms with Crippen molar-refractivity contribution in [2.24, 2.45) is 5.73 Å². The molecule has 0 radical (unpaired) electrons. The highest BCUT2D eigenvalue weighted by molar-refractivity contribution is 7.13. The van der Waals surface area contributed by atoms with E-state index < -0.39 is 0 Å². The maximum atomic E-state index is 7.26. The predicted molar refractivity (Wildman–Crippen MR) is 60.8 cm³/mol. The second-order valence-corrected chi connectivity index (χ2v) is 3.92. The van der Waals surface area contributed by atoms with Crippen molar-refractivity contribution < 1.29 is 0 Å². The molecule has 0 spiro atoms. The first kappa shape index (κ1) is 8.97. The Balaban J connectivity index is 2.36. The zero-order valence-electron chi connectivity index (χ0n) is 7.53. The molecule has 2 aromatic rings. The van der Waals surface area contributed by atoms with Crippen LogP contribution in [0.1, 0.15) is 5.56 Å². The van der Waals surface area contributed by atoms with Gasteiger partial charge in [-0.25, -0.2) is 0 Å². The van der Waals surface area contributed by atoms with Gasteiger partial charge in [0.2, 0.25) is 0 Å². The van der Waals surface area contributed by atoms with Crippen molar-refractivity contribution in [3.05, 3.63) is 47.3 Å². The van der Waals surface area contributed by atoms with E-state index in [4.69, 9.17) is 11.1 Å². The molecule has 0 unspecified atom stereocenters. The molecule has 0 fully saturated rings. The second-order valence-electron chi connectivity index (χ2n) is 2.97. The Bertz CT molecular complexity index is 429. The molecule has 3 heteroatoms. The fourth-order valence-electron chi connectivity index (χ4n) is 1.26. The van der Waals surface area contributed by atoms with Gasteiger partial charge in [-0.1, -0.05) is 30.3 Å². The Morgan fingerprint density at radius 2 is 1.86 bits per heavy atom. The quantitative estimate of drug-likeness (QED) is 0.571. The minimum absolute atomic E-state index is 0.114. The molecule has 0 aliphatic rings. The normalized spacial score (nSPS) is 10.0. The van der Waals surface area contributed by atoms with E-state index in [1.807, 2.05) is 35.7 Å². The van der Waals surface area contributed by atoms with E-state index in [0.29, 0.717) is 0 Å². The molecular weight excluding hydrogens is 192 g/mol. The van der Waals surface area contributed by atoms with Gasteiger partial charge in [0.15, 0.2) is 0 Å². The van der Waals surface area contributed by atoms with Gasteiger partial charge in [0.1, 0.15) is 5.84 Å². The fourth-order valence-corrected chi connectivity index (χ4v) is 1.99. The summed E-state index contributed by atoms with van der Waals surface area (Å²) in [6.07, 6.45) is 0. The molecular formula is C11H10N2S. The van der Waals surface area contributed by atoms with Crippen LogP contribution in [-0.2, 0) is 0 Å². The summed E-state index contributed by atoms with van der Waals surface area (Å²) < 4.78 is 0. The van der Waals surface area contributed by atoms with E-state index >= 15 is 0 Å². The van der Waals surface area contributed by atoms with Crippen LogP contribution in [-0.4, -0.2) is 5.84 Å². The lowest BCUT2D eigenvalue weighted by molar-refractivity contribution is 1.43. The summed E-state index contributed by atoms with van der Waals surface area (Å²) >= 11 is 1.71. The van der Waals surface area contributed by atoms with Crippen molar-refractivity contribution in [1.82, 2.24) is 0 Å². The Morgan fingerprint density at radius 1 is 1.14 bits per heavy atom. The highest BCUT2D eigenvalue weighted by atomic mass is 32.1. The van der Waals surface area contributed by atoms with Gasteiger partial charge >= 0.3 is 0 Å². The standard InChI is InChI=1S/C11H10N2S/c12-11(13)9-5-3-8(4-6-9)10-2-1-7-14-10/h1-7H,(H3,12,13). The lowest BCUT2D eigenvalue weighted by Crippen LogP contribution is -2.10. The zero-order valence-corrected chi connectivity index (χ0v) is 8.34. The molecule has 0 amide bonds. The molecule has 0 bridgehead atoms. The van der Waals surface area contributed by atoms with Crippen LogP contribution in [0.25, 0.3) is 10.4 Å². The van der Waals surface area contributed by atoms with Crippen LogP contribution in [0.2, 0.25) is 0 Å². The van der Waals surface area contributed by atoms with Gasteiger partial charge in [0.25, 0.3) is 0 Å². The Hall–Kier alpha value is -1.61. The summed E-state index contributed by atoms with van der Waals surface area (Å²) in [5.74, 6) is 0.114. The molecule has 2 rings (SSSR count). The predicted octanol–water partition coefficient (Wildman–Crippen LogP) is 2.70. The zero-order chi connectivity index (χ0) is 9.97. The Labute approximate surface area is 86.5 Å². The van der Waals surface area contributed by atoms with Crippen LogP contribution in [0.15, 0.2) is 41.8 Å². The molecule has 14 heavy (non-hydrogen) atoms. The SMILES string of the molecule is N=C(N)c1ccc(-c2cccs2)cc1. The third kappa shape index (κ3) is 1.67. The summed E-state index contributed by atoms with van der Waals surface area (Å²) in [5, 5.41) is 9.31. The Morgan fingerprint density at radius 3 is 2.36 bits per heavy atom. The van der Waals surface area contributed by atoms with Crippen molar-refractivity contribution in [3.63, 3.8) is 0 Å². The first-order valence-electron chi connectivity index (χ1n) is 4.26. The van der Waals surface area contributed by atoms with E-state index in [9.17, 15) is 0 Å². The monoisotopic (exact) mass is 202 g/mol. The first-order valence-corrected chi connectivity index (χ1v) is 5.13. The summed E-state index contributed by atoms with van der Waals surface area (Å²) in [6, 6.07) is 11.8. The maximum absolute atomic E-state index is 7.26. The van der Waals surface area contributed by atoms with Gasteiger partial charge in [-0.05, 0) is 17.0 Å². The largest absolute Gasteiger partial charge is 0.384 e. The minimum Gasteiger partial charge on any atom is -0.384 e. The highest BCUT2D eigenvalue weighted by Gasteiger charge is 1.99. The van der Waals surface area contributed by atoms with Gasteiger partial charge in [0.05, 0.1) is 0 Å². The average Bonchev–Trinajstić information content (AvgIpc) is 2.71. The molecule has 0 atom stereocenters. The van der Waals surface area contributed by atoms with E-state index in [1.54, 1.807) is 11.3 Å². The molecule has 0 aliphatic carbocycles. The maximum Gasteiger partial charge on any atom is 0.122 e. The van der Waals surface area contributed by atoms with Crippen molar-refractivity contribution >= 4 is 17.2 Å². The third-order valence-corrected chi connectivity index (χ3v) is 2.92. The van der Waals surface area contributed by atoms with Crippen molar-refractivity contribution in [1.29, 1.82) is 5.41 Å². The van der Waals surface area contributed by atoms with Crippen LogP contribution >= 0.6 is 11.3 Å². The molecule has 1 aromatic carbocycles. The van der Waals surface area contributed by atoms with Gasteiger partial charge in [-0.3, -0.25) is 5.41 Å². The molecule has 70 valence electrons. The summed E-state index contributed by atoms with van der Waals surface area (Å²) in [4.78, 5) is 1.24. The topological polar surface area (TPSA) is 49.9 Å². The smallest absolute Gasteiger partial charge is 0.122 e. The van der Waals surface area contributed by atoms with Gasteiger partial charge in [-0.15, -0.1) is 11.3 Å². The number of rotatable bonds is 2. The number of benzene rings is 1. The van der Waals surface area contributed by atoms with Crippen molar-refractivity contribution in [2.75, 3.05) is 0 Å². The molecule has 0 saturated carbocycles. The number of hydrogen-bond donors (Lipinski definition) is 2. The number of thiophene rings is 1. The molecule has 2 nitrogen and oxygen atoms in total. The van der Waals surface area contributed by atoms with E-state index in [-0.39, 0.29) is 5.84 Å². The van der Waals surface area contributed by atoms with E-state index in [1.165, 1.54) is 10.4 Å². The van der Waals surface area contributed by atoms with Crippen LogP contribution in [0.4, 0.5) is 0 Å². The van der Waals surface area contributed by atoms with Gasteiger partial charge in [0, 0.05) is 10.4 Å². The Kier molecular flexibility index (Phi) is 2.33. The van der Waals surface area contributed by atoms with E-state index in [0.717, 1.165) is 5.56 Å². The van der Waals surface area contributed by atoms with Crippen molar-refractivity contribution in [2.45, 2.75) is 0 Å². The van der Waals surface area contributed by atoms with Crippen molar-refractivity contribution in [3.8, 4) is 10.4 Å². The number of amidine groups is 1. The number of hydrogen-bond acceptors (Lipinski definition) is 2. The highest BCUT2D eigenvalue weighted by Crippen LogP contribution is 2.24. The summed E-state index contributed by atoms with van der Waals surface area (Å²) in [5.41, 5.74) is 7.31. The van der Waals surface area contributed by atoms with Crippen LogP contribution in [0.3, 0.4) is 0 Å². The van der Waals surface area contributed by atoms with Crippen LogP contribution in [0, 0.1) is 5.41 Å².